The van der Waals surface area contributed by atoms with Crippen LogP contribution in [0, 0.1) is 0 Å². The van der Waals surface area contributed by atoms with Crippen LogP contribution >= 0.6 is 12.4 Å². The SMILES string of the molecule is Cl.N[C@H]1C[C@H](c2nc(-c3ccccc3)nn2CCCO)C[C@@H]1O. The van der Waals surface area contributed by atoms with E-state index >= 15 is 0 Å². The second-order valence-corrected chi connectivity index (χ2v) is 5.86. The van der Waals surface area contributed by atoms with Gasteiger partial charge in [-0.25, -0.2) is 9.67 Å². The van der Waals surface area contributed by atoms with Crippen molar-refractivity contribution in [2.75, 3.05) is 6.61 Å². The molecule has 6 nitrogen and oxygen atoms in total. The molecule has 0 bridgehead atoms. The summed E-state index contributed by atoms with van der Waals surface area (Å²) in [6.07, 6.45) is 1.49. The highest BCUT2D eigenvalue weighted by atomic mass is 35.5. The first-order valence-corrected chi connectivity index (χ1v) is 7.73. The number of rotatable bonds is 5. The van der Waals surface area contributed by atoms with E-state index in [-0.39, 0.29) is 31.0 Å². The lowest BCUT2D eigenvalue weighted by molar-refractivity contribution is 0.163. The van der Waals surface area contributed by atoms with Crippen LogP contribution in [-0.2, 0) is 6.54 Å². The average molecular weight is 339 g/mol. The number of hydrogen-bond donors (Lipinski definition) is 3. The zero-order chi connectivity index (χ0) is 15.5. The first kappa shape index (κ1) is 17.9. The van der Waals surface area contributed by atoms with Crippen LogP contribution in [0.25, 0.3) is 11.4 Å². The van der Waals surface area contributed by atoms with Gasteiger partial charge in [-0.1, -0.05) is 30.3 Å². The Labute approximate surface area is 141 Å². The number of nitrogens with two attached hydrogens (primary N) is 1. The number of aromatic nitrogens is 3. The molecule has 1 fully saturated rings. The number of aliphatic hydroxyl groups excluding tert-OH is 2. The third kappa shape index (κ3) is 3.90. The van der Waals surface area contributed by atoms with E-state index in [1.165, 1.54) is 0 Å². The summed E-state index contributed by atoms with van der Waals surface area (Å²) in [7, 11) is 0. The predicted molar refractivity (Wildman–Crippen MR) is 90.4 cm³/mol. The van der Waals surface area contributed by atoms with Crippen molar-refractivity contribution in [2.45, 2.75) is 43.9 Å². The largest absolute Gasteiger partial charge is 0.396 e. The Morgan fingerprint density at radius 2 is 1.96 bits per heavy atom. The Morgan fingerprint density at radius 1 is 1.22 bits per heavy atom. The molecule has 1 aromatic carbocycles. The lowest BCUT2D eigenvalue weighted by atomic mass is 10.1. The van der Waals surface area contributed by atoms with E-state index < -0.39 is 6.10 Å². The predicted octanol–water partition coefficient (Wildman–Crippen LogP) is 1.31. The zero-order valence-corrected chi connectivity index (χ0v) is 13.7. The molecule has 0 saturated heterocycles. The molecule has 0 spiro atoms. The minimum Gasteiger partial charge on any atom is -0.396 e. The minimum absolute atomic E-state index is 0. The molecule has 1 aromatic heterocycles. The fraction of sp³-hybridized carbons (Fsp3) is 0.500. The monoisotopic (exact) mass is 338 g/mol. The summed E-state index contributed by atoms with van der Waals surface area (Å²) in [6, 6.07) is 9.62. The number of nitrogens with zero attached hydrogens (tertiary/aromatic N) is 3. The van der Waals surface area contributed by atoms with Gasteiger partial charge in [0.05, 0.1) is 6.10 Å². The molecule has 1 aliphatic carbocycles. The van der Waals surface area contributed by atoms with Crippen molar-refractivity contribution in [1.29, 1.82) is 0 Å². The minimum atomic E-state index is -0.479. The third-order valence-corrected chi connectivity index (χ3v) is 4.20. The molecule has 23 heavy (non-hydrogen) atoms. The fourth-order valence-electron chi connectivity index (χ4n) is 3.01. The third-order valence-electron chi connectivity index (χ3n) is 4.20. The number of aliphatic hydroxyl groups is 2. The molecule has 1 aliphatic rings. The molecule has 3 atom stereocenters. The molecular weight excluding hydrogens is 316 g/mol. The smallest absolute Gasteiger partial charge is 0.181 e. The van der Waals surface area contributed by atoms with Crippen molar-refractivity contribution in [3.63, 3.8) is 0 Å². The lowest BCUT2D eigenvalue weighted by Crippen LogP contribution is -2.28. The van der Waals surface area contributed by atoms with Crippen molar-refractivity contribution in [3.05, 3.63) is 36.2 Å². The number of hydrogen-bond acceptors (Lipinski definition) is 5. The van der Waals surface area contributed by atoms with E-state index in [0.29, 0.717) is 31.6 Å². The van der Waals surface area contributed by atoms with Crippen molar-refractivity contribution in [2.24, 2.45) is 5.73 Å². The highest BCUT2D eigenvalue weighted by molar-refractivity contribution is 5.85. The van der Waals surface area contributed by atoms with Gasteiger partial charge in [0.2, 0.25) is 0 Å². The van der Waals surface area contributed by atoms with Gasteiger partial charge in [0, 0.05) is 30.7 Å². The van der Waals surface area contributed by atoms with Crippen molar-refractivity contribution < 1.29 is 10.2 Å². The molecule has 0 unspecified atom stereocenters. The van der Waals surface area contributed by atoms with E-state index in [4.69, 9.17) is 10.8 Å². The lowest BCUT2D eigenvalue weighted by Gasteiger charge is -2.10. The van der Waals surface area contributed by atoms with Gasteiger partial charge in [-0.05, 0) is 19.3 Å². The first-order chi connectivity index (χ1) is 10.7. The summed E-state index contributed by atoms with van der Waals surface area (Å²) < 4.78 is 1.86. The second-order valence-electron chi connectivity index (χ2n) is 5.86. The molecule has 7 heteroatoms. The standard InChI is InChI=1S/C16H22N4O2.ClH/c17-13-9-12(10-14(13)22)16-18-15(11-5-2-1-3-6-11)19-20(16)7-4-8-21;/h1-3,5-6,12-14,21-22H,4,7-10,17H2;1H/t12-,13-,14-;/m0./s1. The summed E-state index contributed by atoms with van der Waals surface area (Å²) >= 11 is 0. The molecule has 126 valence electrons. The summed E-state index contributed by atoms with van der Waals surface area (Å²) in [5.74, 6) is 1.66. The molecule has 0 amide bonds. The van der Waals surface area contributed by atoms with Crippen LogP contribution in [0.2, 0.25) is 0 Å². The van der Waals surface area contributed by atoms with Crippen LogP contribution in [0.3, 0.4) is 0 Å². The number of halogens is 1. The molecule has 0 radical (unpaired) electrons. The topological polar surface area (TPSA) is 97.2 Å². The van der Waals surface area contributed by atoms with Crippen LogP contribution < -0.4 is 5.73 Å². The van der Waals surface area contributed by atoms with Gasteiger partial charge in [-0.3, -0.25) is 0 Å². The maximum absolute atomic E-state index is 9.90. The molecule has 0 aliphatic heterocycles. The van der Waals surface area contributed by atoms with Crippen LogP contribution in [0.15, 0.2) is 30.3 Å². The van der Waals surface area contributed by atoms with Crippen LogP contribution in [0.1, 0.15) is 31.0 Å². The van der Waals surface area contributed by atoms with Crippen molar-refractivity contribution >= 4 is 12.4 Å². The summed E-state index contributed by atoms with van der Waals surface area (Å²) in [6.45, 7) is 0.736. The van der Waals surface area contributed by atoms with Crippen molar-refractivity contribution in [1.82, 2.24) is 14.8 Å². The Bertz CT molecular complexity index is 610. The Balaban J connectivity index is 0.00000192. The van der Waals surface area contributed by atoms with E-state index in [1.807, 2.05) is 35.0 Å². The van der Waals surface area contributed by atoms with Crippen LogP contribution in [0.4, 0.5) is 0 Å². The molecule has 1 saturated carbocycles. The molecule has 1 heterocycles. The van der Waals surface area contributed by atoms with Gasteiger partial charge in [0.15, 0.2) is 5.82 Å². The molecular formula is C16H23ClN4O2. The van der Waals surface area contributed by atoms with Gasteiger partial charge in [0.1, 0.15) is 5.82 Å². The summed E-state index contributed by atoms with van der Waals surface area (Å²) in [5, 5.41) is 23.6. The van der Waals surface area contributed by atoms with E-state index in [1.54, 1.807) is 0 Å². The zero-order valence-electron chi connectivity index (χ0n) is 12.9. The summed E-state index contributed by atoms with van der Waals surface area (Å²) in [5.41, 5.74) is 6.89. The van der Waals surface area contributed by atoms with Crippen LogP contribution in [-0.4, -0.2) is 43.7 Å². The second kappa shape index (κ2) is 7.88. The van der Waals surface area contributed by atoms with Crippen LogP contribution in [0.5, 0.6) is 0 Å². The van der Waals surface area contributed by atoms with Gasteiger partial charge in [0.25, 0.3) is 0 Å². The van der Waals surface area contributed by atoms with E-state index in [0.717, 1.165) is 11.4 Å². The number of benzene rings is 1. The maximum Gasteiger partial charge on any atom is 0.181 e. The molecule has 3 rings (SSSR count). The quantitative estimate of drug-likeness (QED) is 0.763. The van der Waals surface area contributed by atoms with Gasteiger partial charge in [-0.15, -0.1) is 12.4 Å². The fourth-order valence-corrected chi connectivity index (χ4v) is 3.01. The normalized spacial score (nSPS) is 23.7. The highest BCUT2D eigenvalue weighted by Gasteiger charge is 2.34. The average Bonchev–Trinajstić information content (AvgIpc) is 3.10. The Morgan fingerprint density at radius 3 is 2.57 bits per heavy atom. The molecule has 4 N–H and O–H groups in total. The van der Waals surface area contributed by atoms with Crippen molar-refractivity contribution in [3.8, 4) is 11.4 Å². The highest BCUT2D eigenvalue weighted by Crippen LogP contribution is 2.34. The van der Waals surface area contributed by atoms with Gasteiger partial charge >= 0.3 is 0 Å². The first-order valence-electron chi connectivity index (χ1n) is 7.73. The van der Waals surface area contributed by atoms with Gasteiger partial charge in [-0.2, -0.15) is 5.10 Å². The molecule has 2 aromatic rings. The number of aryl methyl sites for hydroxylation is 1. The Hall–Kier alpha value is -1.47. The van der Waals surface area contributed by atoms with Gasteiger partial charge < -0.3 is 15.9 Å². The van der Waals surface area contributed by atoms with E-state index in [9.17, 15) is 5.11 Å². The maximum atomic E-state index is 9.90. The summed E-state index contributed by atoms with van der Waals surface area (Å²) in [4.78, 5) is 4.69. The van der Waals surface area contributed by atoms with E-state index in [2.05, 4.69) is 10.1 Å². The Kier molecular flexibility index (Phi) is 6.12.